The van der Waals surface area contributed by atoms with Gasteiger partial charge in [0.25, 0.3) is 10.1 Å². The van der Waals surface area contributed by atoms with Crippen molar-refractivity contribution in [3.8, 4) is 0 Å². The van der Waals surface area contributed by atoms with Crippen LogP contribution in [0.2, 0.25) is 0 Å². The minimum Gasteiger partial charge on any atom is -0.301 e. The van der Waals surface area contributed by atoms with Crippen molar-refractivity contribution in [3.05, 3.63) is 0 Å². The molecule has 24 heavy (non-hydrogen) atoms. The quantitative estimate of drug-likeness (QED) is 0.254. The van der Waals surface area contributed by atoms with Crippen LogP contribution in [0.3, 0.4) is 0 Å². The Morgan fingerprint density at radius 3 is 1.50 bits per heavy atom. The van der Waals surface area contributed by atoms with Crippen LogP contribution in [0, 0.1) is 0 Å². The molecular weight excluding hydrogens is 322 g/mol. The number of hydrogen-bond acceptors (Lipinski definition) is 4. The Morgan fingerprint density at radius 2 is 1.08 bits per heavy atom. The van der Waals surface area contributed by atoms with Gasteiger partial charge >= 0.3 is 0 Å². The monoisotopic (exact) mass is 363 g/mol. The first-order valence-corrected chi connectivity index (χ1v) is 11.9. The second-order valence-electron chi connectivity index (χ2n) is 6.90. The van der Waals surface area contributed by atoms with Crippen LogP contribution in [0.4, 0.5) is 0 Å². The lowest BCUT2D eigenvalue weighted by Crippen LogP contribution is -2.30. The molecule has 0 aromatic carbocycles. The van der Waals surface area contributed by atoms with Gasteiger partial charge in [0.1, 0.15) is 0 Å². The normalized spacial score (nSPS) is 12.2. The summed E-state index contributed by atoms with van der Waals surface area (Å²) in [6.07, 6.45) is 16.6. The summed E-state index contributed by atoms with van der Waals surface area (Å²) >= 11 is 0. The second-order valence-corrected chi connectivity index (χ2v) is 8.55. The van der Waals surface area contributed by atoms with E-state index in [-0.39, 0.29) is 6.61 Å². The molecule has 0 fully saturated rings. The van der Waals surface area contributed by atoms with E-state index in [4.69, 9.17) is 4.18 Å². The summed E-state index contributed by atoms with van der Waals surface area (Å²) in [5.74, 6) is 0. The van der Waals surface area contributed by atoms with Crippen molar-refractivity contribution in [2.75, 3.05) is 32.5 Å². The zero-order valence-corrected chi connectivity index (χ0v) is 17.2. The Bertz CT molecular complexity index is 342. The molecule has 0 radical (unpaired) electrons. The maximum absolute atomic E-state index is 11.1. The van der Waals surface area contributed by atoms with E-state index >= 15 is 0 Å². The van der Waals surface area contributed by atoms with E-state index in [1.54, 1.807) is 0 Å². The largest absolute Gasteiger partial charge is 0.301 e. The van der Waals surface area contributed by atoms with Crippen molar-refractivity contribution >= 4 is 10.1 Å². The molecule has 5 heteroatoms. The molecule has 0 unspecified atom stereocenters. The lowest BCUT2D eigenvalue weighted by Gasteiger charge is -2.22. The van der Waals surface area contributed by atoms with E-state index in [0.29, 0.717) is 0 Å². The lowest BCUT2D eigenvalue weighted by molar-refractivity contribution is 0.206. The zero-order chi connectivity index (χ0) is 18.1. The minimum atomic E-state index is -3.32. The van der Waals surface area contributed by atoms with Gasteiger partial charge in [0.2, 0.25) is 0 Å². The Balaban J connectivity index is 3.91. The molecule has 0 aromatic heterocycles. The first-order chi connectivity index (χ1) is 11.5. The van der Waals surface area contributed by atoms with E-state index in [9.17, 15) is 8.42 Å². The van der Waals surface area contributed by atoms with Gasteiger partial charge in [0.15, 0.2) is 0 Å². The highest BCUT2D eigenvalue weighted by atomic mass is 32.2. The average Bonchev–Trinajstić information content (AvgIpc) is 2.52. The van der Waals surface area contributed by atoms with Gasteiger partial charge in [0, 0.05) is 6.54 Å². The number of hydrogen-bond donors (Lipinski definition) is 0. The summed E-state index contributed by atoms with van der Waals surface area (Å²) in [6, 6.07) is 0. The van der Waals surface area contributed by atoms with Crippen LogP contribution >= 0.6 is 0 Å². The Hall–Kier alpha value is -0.130. The van der Waals surface area contributed by atoms with Gasteiger partial charge in [-0.15, -0.1) is 0 Å². The fraction of sp³-hybridized carbons (Fsp3) is 1.00. The highest BCUT2D eigenvalue weighted by molar-refractivity contribution is 7.85. The highest BCUT2D eigenvalue weighted by Crippen LogP contribution is 2.09. The number of nitrogens with zero attached hydrogens (tertiary/aromatic N) is 1. The summed E-state index contributed by atoms with van der Waals surface area (Å²) in [7, 11) is -3.32. The Morgan fingerprint density at radius 1 is 0.667 bits per heavy atom. The zero-order valence-electron chi connectivity index (χ0n) is 16.4. The Labute approximate surface area is 151 Å². The molecule has 0 bridgehead atoms. The standard InChI is InChI=1S/C19H41NO3S/c1-4-6-8-10-12-14-16-20(18-19-23-24(3,21)22)17-15-13-11-9-7-5-2/h4-19H2,1-3H3. The summed E-state index contributed by atoms with van der Waals surface area (Å²) in [6.45, 7) is 7.61. The van der Waals surface area contributed by atoms with Gasteiger partial charge in [-0.3, -0.25) is 4.18 Å². The first kappa shape index (κ1) is 23.9. The van der Waals surface area contributed by atoms with Gasteiger partial charge in [-0.2, -0.15) is 8.42 Å². The predicted molar refractivity (Wildman–Crippen MR) is 104 cm³/mol. The summed E-state index contributed by atoms with van der Waals surface area (Å²) in [5.41, 5.74) is 0. The van der Waals surface area contributed by atoms with E-state index in [0.717, 1.165) is 25.9 Å². The van der Waals surface area contributed by atoms with Gasteiger partial charge in [-0.1, -0.05) is 78.1 Å². The fourth-order valence-electron chi connectivity index (χ4n) is 2.88. The fourth-order valence-corrected chi connectivity index (χ4v) is 3.26. The maximum atomic E-state index is 11.1. The summed E-state index contributed by atoms with van der Waals surface area (Å²) in [4.78, 5) is 2.38. The molecule has 0 saturated carbocycles. The third kappa shape index (κ3) is 18.2. The summed E-state index contributed by atoms with van der Waals surface area (Å²) < 4.78 is 27.1. The maximum Gasteiger partial charge on any atom is 0.264 e. The van der Waals surface area contributed by atoms with E-state index in [1.807, 2.05) is 0 Å². The van der Waals surface area contributed by atoms with Crippen LogP contribution in [-0.2, 0) is 14.3 Å². The lowest BCUT2D eigenvalue weighted by atomic mass is 10.1. The molecule has 0 aromatic rings. The van der Waals surface area contributed by atoms with Crippen molar-refractivity contribution < 1.29 is 12.6 Å². The van der Waals surface area contributed by atoms with Crippen LogP contribution in [-0.4, -0.2) is 45.8 Å². The molecule has 0 rings (SSSR count). The van der Waals surface area contributed by atoms with Crippen LogP contribution in [0.5, 0.6) is 0 Å². The van der Waals surface area contributed by atoms with Crippen LogP contribution < -0.4 is 0 Å². The van der Waals surface area contributed by atoms with E-state index in [1.165, 1.54) is 77.0 Å². The average molecular weight is 364 g/mol. The third-order valence-electron chi connectivity index (χ3n) is 4.36. The molecule has 0 amide bonds. The highest BCUT2D eigenvalue weighted by Gasteiger charge is 2.07. The van der Waals surface area contributed by atoms with Gasteiger partial charge in [-0.05, 0) is 25.9 Å². The molecule has 0 aliphatic carbocycles. The first-order valence-electron chi connectivity index (χ1n) is 10.1. The molecule has 0 saturated heterocycles. The minimum absolute atomic E-state index is 0.282. The van der Waals surface area contributed by atoms with E-state index in [2.05, 4.69) is 18.7 Å². The van der Waals surface area contributed by atoms with Crippen molar-refractivity contribution in [3.63, 3.8) is 0 Å². The van der Waals surface area contributed by atoms with Crippen molar-refractivity contribution in [2.45, 2.75) is 90.9 Å². The topological polar surface area (TPSA) is 46.6 Å². The van der Waals surface area contributed by atoms with Gasteiger partial charge < -0.3 is 4.90 Å². The van der Waals surface area contributed by atoms with Gasteiger partial charge in [0.05, 0.1) is 12.9 Å². The third-order valence-corrected chi connectivity index (χ3v) is 4.96. The molecule has 0 aliphatic heterocycles. The van der Waals surface area contributed by atoms with Crippen LogP contribution in [0.1, 0.15) is 90.9 Å². The molecule has 4 nitrogen and oxygen atoms in total. The number of rotatable bonds is 18. The van der Waals surface area contributed by atoms with Crippen LogP contribution in [0.25, 0.3) is 0 Å². The summed E-state index contributed by atoms with van der Waals surface area (Å²) in [5, 5.41) is 0. The van der Waals surface area contributed by atoms with E-state index < -0.39 is 10.1 Å². The van der Waals surface area contributed by atoms with Crippen molar-refractivity contribution in [1.82, 2.24) is 4.90 Å². The van der Waals surface area contributed by atoms with Crippen molar-refractivity contribution in [2.24, 2.45) is 0 Å². The van der Waals surface area contributed by atoms with Crippen molar-refractivity contribution in [1.29, 1.82) is 0 Å². The smallest absolute Gasteiger partial charge is 0.264 e. The molecule has 0 heterocycles. The van der Waals surface area contributed by atoms with Crippen LogP contribution in [0.15, 0.2) is 0 Å². The molecule has 0 atom stereocenters. The molecule has 0 N–H and O–H groups in total. The Kier molecular flexibility index (Phi) is 16.3. The molecule has 146 valence electrons. The number of unbranched alkanes of at least 4 members (excludes halogenated alkanes) is 10. The molecular formula is C19H41NO3S. The SMILES string of the molecule is CCCCCCCCN(CCCCCCCC)CCOS(C)(=O)=O. The van der Waals surface area contributed by atoms with Gasteiger partial charge in [-0.25, -0.2) is 0 Å². The predicted octanol–water partition coefficient (Wildman–Crippen LogP) is 4.99. The molecule has 0 aliphatic rings. The molecule has 0 spiro atoms. The second kappa shape index (κ2) is 16.3.